The normalized spacial score (nSPS) is 10.2. The molecule has 8 nitrogen and oxygen atoms in total. The molecular weight excluding hydrogens is 372 g/mol. The average Bonchev–Trinajstić information content (AvgIpc) is 2.75. The summed E-state index contributed by atoms with van der Waals surface area (Å²) in [6.45, 7) is 2.59. The van der Waals surface area contributed by atoms with Gasteiger partial charge in [-0.05, 0) is 37.3 Å². The van der Waals surface area contributed by atoms with Crippen LogP contribution in [0.15, 0.2) is 48.7 Å². The third-order valence-corrected chi connectivity index (χ3v) is 4.01. The van der Waals surface area contributed by atoms with Crippen molar-refractivity contribution in [1.29, 1.82) is 0 Å². The summed E-state index contributed by atoms with van der Waals surface area (Å²) in [5, 5.41) is 6.41. The fraction of sp³-hybridized carbons (Fsp3) is 0.238. The van der Waals surface area contributed by atoms with Crippen molar-refractivity contribution in [2.75, 3.05) is 38.6 Å². The second-order valence-corrected chi connectivity index (χ2v) is 5.89. The van der Waals surface area contributed by atoms with Crippen molar-refractivity contribution in [3.05, 3.63) is 48.7 Å². The zero-order valence-corrected chi connectivity index (χ0v) is 16.9. The van der Waals surface area contributed by atoms with E-state index in [4.69, 9.17) is 18.9 Å². The Morgan fingerprint density at radius 3 is 2.10 bits per heavy atom. The second-order valence-electron chi connectivity index (χ2n) is 5.89. The van der Waals surface area contributed by atoms with E-state index in [9.17, 15) is 0 Å². The molecule has 2 aromatic carbocycles. The molecule has 0 aliphatic rings. The van der Waals surface area contributed by atoms with Crippen molar-refractivity contribution in [2.24, 2.45) is 0 Å². The summed E-state index contributed by atoms with van der Waals surface area (Å²) in [6, 6.07) is 13.0. The fourth-order valence-corrected chi connectivity index (χ4v) is 2.72. The Morgan fingerprint density at radius 1 is 0.828 bits per heavy atom. The third-order valence-electron chi connectivity index (χ3n) is 4.01. The fourth-order valence-electron chi connectivity index (χ4n) is 2.72. The van der Waals surface area contributed by atoms with Crippen LogP contribution in [-0.2, 0) is 0 Å². The zero-order valence-electron chi connectivity index (χ0n) is 16.9. The lowest BCUT2D eigenvalue weighted by Gasteiger charge is -2.15. The zero-order chi connectivity index (χ0) is 20.6. The summed E-state index contributed by atoms with van der Waals surface area (Å²) in [4.78, 5) is 8.77. The standard InChI is InChI=1S/C21H24N4O4/c1-5-29-16-8-6-14(7-9-16)23-19-10-11-22-21(25-19)24-15-12-17(26-2)20(28-4)18(13-15)27-3/h6-13H,5H2,1-4H3,(H2,22,23,24,25). The van der Waals surface area contributed by atoms with Gasteiger partial charge >= 0.3 is 0 Å². The molecule has 1 aromatic heterocycles. The number of methoxy groups -OCH3 is 3. The molecule has 8 heteroatoms. The first-order valence-corrected chi connectivity index (χ1v) is 9.06. The molecule has 1 heterocycles. The molecule has 0 aliphatic carbocycles. The molecule has 29 heavy (non-hydrogen) atoms. The summed E-state index contributed by atoms with van der Waals surface area (Å²) in [6.07, 6.45) is 1.67. The molecule has 0 saturated carbocycles. The van der Waals surface area contributed by atoms with E-state index in [1.165, 1.54) is 0 Å². The van der Waals surface area contributed by atoms with Crippen LogP contribution in [0.4, 0.5) is 23.1 Å². The summed E-state index contributed by atoms with van der Waals surface area (Å²) in [5.74, 6) is 3.50. The number of anilines is 4. The summed E-state index contributed by atoms with van der Waals surface area (Å²) in [7, 11) is 4.70. The van der Waals surface area contributed by atoms with Crippen LogP contribution in [0, 0.1) is 0 Å². The van der Waals surface area contributed by atoms with Gasteiger partial charge in [-0.1, -0.05) is 0 Å². The van der Waals surface area contributed by atoms with Gasteiger partial charge in [0.1, 0.15) is 11.6 Å². The van der Waals surface area contributed by atoms with Crippen LogP contribution >= 0.6 is 0 Å². The Balaban J connectivity index is 1.77. The van der Waals surface area contributed by atoms with Gasteiger partial charge in [0, 0.05) is 29.7 Å². The van der Waals surface area contributed by atoms with Gasteiger partial charge in [0.25, 0.3) is 0 Å². The van der Waals surface area contributed by atoms with Crippen LogP contribution in [0.5, 0.6) is 23.0 Å². The number of aromatic nitrogens is 2. The topological polar surface area (TPSA) is 86.8 Å². The monoisotopic (exact) mass is 396 g/mol. The minimum atomic E-state index is 0.426. The smallest absolute Gasteiger partial charge is 0.229 e. The third kappa shape index (κ3) is 4.98. The van der Waals surface area contributed by atoms with Crippen LogP contribution in [0.3, 0.4) is 0 Å². The van der Waals surface area contributed by atoms with Crippen LogP contribution in [0.2, 0.25) is 0 Å². The highest BCUT2D eigenvalue weighted by molar-refractivity contribution is 5.66. The van der Waals surface area contributed by atoms with Crippen molar-refractivity contribution >= 4 is 23.1 Å². The van der Waals surface area contributed by atoms with Crippen LogP contribution in [0.25, 0.3) is 0 Å². The summed E-state index contributed by atoms with van der Waals surface area (Å²) < 4.78 is 21.6. The van der Waals surface area contributed by atoms with Gasteiger partial charge in [-0.3, -0.25) is 0 Å². The predicted octanol–water partition coefficient (Wildman–Crippen LogP) is 4.39. The Kier molecular flexibility index (Phi) is 6.57. The van der Waals surface area contributed by atoms with Crippen LogP contribution < -0.4 is 29.6 Å². The molecule has 3 rings (SSSR count). The van der Waals surface area contributed by atoms with Gasteiger partial charge in [-0.25, -0.2) is 4.98 Å². The molecule has 0 unspecified atom stereocenters. The van der Waals surface area contributed by atoms with E-state index >= 15 is 0 Å². The van der Waals surface area contributed by atoms with E-state index in [0.29, 0.717) is 41.3 Å². The molecule has 0 saturated heterocycles. The van der Waals surface area contributed by atoms with Crippen LogP contribution in [-0.4, -0.2) is 37.9 Å². The van der Waals surface area contributed by atoms with E-state index in [0.717, 1.165) is 11.4 Å². The van der Waals surface area contributed by atoms with Gasteiger partial charge in [-0.15, -0.1) is 0 Å². The Labute approximate surface area is 169 Å². The highest BCUT2D eigenvalue weighted by Gasteiger charge is 2.14. The van der Waals surface area contributed by atoms with Crippen molar-refractivity contribution in [1.82, 2.24) is 9.97 Å². The Bertz CT molecular complexity index is 923. The number of benzene rings is 2. The number of hydrogen-bond donors (Lipinski definition) is 2. The van der Waals surface area contributed by atoms with Crippen LogP contribution in [0.1, 0.15) is 6.92 Å². The average molecular weight is 396 g/mol. The summed E-state index contributed by atoms with van der Waals surface area (Å²) in [5.41, 5.74) is 1.60. The largest absolute Gasteiger partial charge is 0.494 e. The summed E-state index contributed by atoms with van der Waals surface area (Å²) >= 11 is 0. The van der Waals surface area contributed by atoms with E-state index in [-0.39, 0.29) is 0 Å². The molecule has 2 N–H and O–H groups in total. The van der Waals surface area contributed by atoms with E-state index in [1.807, 2.05) is 31.2 Å². The number of ether oxygens (including phenoxy) is 4. The highest BCUT2D eigenvalue weighted by atomic mass is 16.5. The molecule has 0 bridgehead atoms. The minimum absolute atomic E-state index is 0.426. The molecule has 0 amide bonds. The minimum Gasteiger partial charge on any atom is -0.494 e. The lowest BCUT2D eigenvalue weighted by Crippen LogP contribution is -2.02. The number of rotatable bonds is 9. The molecular formula is C21H24N4O4. The quantitative estimate of drug-likeness (QED) is 0.551. The lowest BCUT2D eigenvalue weighted by molar-refractivity contribution is 0.324. The number of nitrogens with zero attached hydrogens (tertiary/aromatic N) is 2. The Hall–Kier alpha value is -3.68. The maximum atomic E-state index is 5.46. The van der Waals surface area contributed by atoms with Crippen molar-refractivity contribution in [3.63, 3.8) is 0 Å². The van der Waals surface area contributed by atoms with Gasteiger partial charge < -0.3 is 29.6 Å². The molecule has 152 valence electrons. The molecule has 3 aromatic rings. The van der Waals surface area contributed by atoms with Crippen molar-refractivity contribution in [2.45, 2.75) is 6.92 Å². The van der Waals surface area contributed by atoms with E-state index in [1.54, 1.807) is 45.7 Å². The van der Waals surface area contributed by atoms with Crippen molar-refractivity contribution < 1.29 is 18.9 Å². The van der Waals surface area contributed by atoms with E-state index in [2.05, 4.69) is 20.6 Å². The molecule has 0 radical (unpaired) electrons. The van der Waals surface area contributed by atoms with Gasteiger partial charge in [0.05, 0.1) is 27.9 Å². The van der Waals surface area contributed by atoms with Gasteiger partial charge in [0.2, 0.25) is 11.7 Å². The Morgan fingerprint density at radius 2 is 1.52 bits per heavy atom. The first kappa shape index (κ1) is 20.1. The van der Waals surface area contributed by atoms with E-state index < -0.39 is 0 Å². The second kappa shape index (κ2) is 9.50. The lowest BCUT2D eigenvalue weighted by atomic mass is 10.2. The number of nitrogens with one attached hydrogen (secondary N) is 2. The highest BCUT2D eigenvalue weighted by Crippen LogP contribution is 2.40. The maximum Gasteiger partial charge on any atom is 0.229 e. The number of hydrogen-bond acceptors (Lipinski definition) is 8. The first-order valence-electron chi connectivity index (χ1n) is 9.06. The molecule has 0 atom stereocenters. The van der Waals surface area contributed by atoms with Gasteiger partial charge in [-0.2, -0.15) is 4.98 Å². The first-order chi connectivity index (χ1) is 14.2. The van der Waals surface area contributed by atoms with Crippen molar-refractivity contribution in [3.8, 4) is 23.0 Å². The molecule has 0 fully saturated rings. The maximum absolute atomic E-state index is 5.46. The predicted molar refractivity (Wildman–Crippen MR) is 112 cm³/mol. The molecule has 0 spiro atoms. The molecule has 0 aliphatic heterocycles. The van der Waals surface area contributed by atoms with Gasteiger partial charge in [0.15, 0.2) is 11.5 Å². The SMILES string of the molecule is CCOc1ccc(Nc2ccnc(Nc3cc(OC)c(OC)c(OC)c3)n2)cc1.